The minimum atomic E-state index is 0.292. The molecule has 0 aromatic heterocycles. The van der Waals surface area contributed by atoms with Crippen molar-refractivity contribution in [1.82, 2.24) is 0 Å². The molecular weight excluding hydrogens is 460 g/mol. The summed E-state index contributed by atoms with van der Waals surface area (Å²) in [6.45, 7) is 9.39. The molecular formula is C33H36O2S. The third-order valence-corrected chi connectivity index (χ3v) is 5.72. The molecule has 5 rings (SSSR count). The van der Waals surface area contributed by atoms with E-state index in [1.807, 2.05) is 36.4 Å². The molecule has 0 spiro atoms. The van der Waals surface area contributed by atoms with Crippen LogP contribution in [0.2, 0.25) is 0 Å². The van der Waals surface area contributed by atoms with E-state index in [1.165, 1.54) is 34.7 Å². The van der Waals surface area contributed by atoms with Gasteiger partial charge >= 0.3 is 0 Å². The summed E-state index contributed by atoms with van der Waals surface area (Å²) in [7, 11) is 1.66. The fraction of sp³-hybridized carbons (Fsp3) is 0.152. The number of phenols is 1. The Kier molecular flexibility index (Phi) is 12.7. The number of unbranched alkanes of at least 4 members (excludes halogenated alkanes) is 1. The van der Waals surface area contributed by atoms with Crippen molar-refractivity contribution in [1.29, 1.82) is 0 Å². The maximum Gasteiger partial charge on any atom is 0.118 e. The van der Waals surface area contributed by atoms with Crippen LogP contribution in [0.5, 0.6) is 11.5 Å². The zero-order chi connectivity index (χ0) is 26.2. The number of hydrogen-bond acceptors (Lipinski definition) is 3. The minimum absolute atomic E-state index is 0.292. The zero-order valence-corrected chi connectivity index (χ0v) is 22.1. The largest absolute Gasteiger partial charge is 0.508 e. The fourth-order valence-corrected chi connectivity index (χ4v) is 3.68. The van der Waals surface area contributed by atoms with Gasteiger partial charge in [0.05, 0.1) is 7.11 Å². The van der Waals surface area contributed by atoms with E-state index in [0.29, 0.717) is 5.75 Å². The standard InChI is InChI=1S/C12H8.C9H10O.C8H8O.C4H10S/c1-3-9-4-2-6-11-8-7-10(5-1)12(9)11;1-3-8-4-6-9(10-2)7-5-8;1-2-7-3-5-8(9)6-4-7;1-2-3-4-5/h1-8H;3-7H,1H2,2H3;2-6,9H,1H2;5H,2-4H2,1H3. The van der Waals surface area contributed by atoms with Gasteiger partial charge < -0.3 is 9.84 Å². The maximum atomic E-state index is 8.82. The van der Waals surface area contributed by atoms with Crippen LogP contribution in [0.1, 0.15) is 42.0 Å². The zero-order valence-electron chi connectivity index (χ0n) is 21.2. The molecule has 0 saturated heterocycles. The van der Waals surface area contributed by atoms with Crippen molar-refractivity contribution < 1.29 is 9.84 Å². The summed E-state index contributed by atoms with van der Waals surface area (Å²) in [5, 5.41) is 11.6. The quantitative estimate of drug-likeness (QED) is 0.237. The molecule has 0 fully saturated rings. The highest BCUT2D eigenvalue weighted by molar-refractivity contribution is 7.80. The van der Waals surface area contributed by atoms with E-state index < -0.39 is 0 Å². The van der Waals surface area contributed by atoms with E-state index in [9.17, 15) is 0 Å². The molecule has 1 N–H and O–H groups in total. The monoisotopic (exact) mass is 496 g/mol. The number of benzene rings is 4. The summed E-state index contributed by atoms with van der Waals surface area (Å²) in [6.07, 6.45) is 10.4. The van der Waals surface area contributed by atoms with Gasteiger partial charge in [0.25, 0.3) is 0 Å². The van der Waals surface area contributed by atoms with E-state index in [0.717, 1.165) is 22.6 Å². The predicted molar refractivity (Wildman–Crippen MR) is 163 cm³/mol. The van der Waals surface area contributed by atoms with Gasteiger partial charge in [-0.2, -0.15) is 12.6 Å². The van der Waals surface area contributed by atoms with Gasteiger partial charge in [0.1, 0.15) is 11.5 Å². The molecule has 4 aromatic carbocycles. The Morgan fingerprint density at radius 3 is 1.67 bits per heavy atom. The number of rotatable bonds is 5. The predicted octanol–water partition coefficient (Wildman–Crippen LogP) is 9.41. The van der Waals surface area contributed by atoms with Gasteiger partial charge in [-0.1, -0.05) is 111 Å². The lowest BCUT2D eigenvalue weighted by Gasteiger charge is -1.99. The van der Waals surface area contributed by atoms with Gasteiger partial charge in [-0.25, -0.2) is 0 Å². The van der Waals surface area contributed by atoms with E-state index in [2.05, 4.69) is 81.3 Å². The SMILES string of the molecule is C1=Cc2cccc3cccc1c23.C=Cc1ccc(O)cc1.C=Cc1ccc(OC)cc1.CCCCS. The molecule has 1 aliphatic rings. The normalized spacial score (nSPS) is 10.1. The van der Waals surface area contributed by atoms with E-state index in [-0.39, 0.29) is 0 Å². The molecule has 3 heteroatoms. The van der Waals surface area contributed by atoms with Crippen LogP contribution in [-0.4, -0.2) is 18.0 Å². The van der Waals surface area contributed by atoms with Gasteiger partial charge in [0, 0.05) is 0 Å². The molecule has 186 valence electrons. The highest BCUT2D eigenvalue weighted by atomic mass is 32.1. The van der Waals surface area contributed by atoms with Crippen molar-refractivity contribution in [2.24, 2.45) is 0 Å². The van der Waals surface area contributed by atoms with Gasteiger partial charge in [-0.3, -0.25) is 0 Å². The molecule has 0 amide bonds. The summed E-state index contributed by atoms with van der Waals surface area (Å²) in [6, 6.07) is 27.5. The van der Waals surface area contributed by atoms with Gasteiger partial charge in [0.15, 0.2) is 0 Å². The van der Waals surface area contributed by atoms with Crippen LogP contribution in [0.25, 0.3) is 35.1 Å². The number of phenolic OH excluding ortho intramolecular Hbond substituents is 1. The Labute approximate surface area is 221 Å². The average molecular weight is 497 g/mol. The molecule has 36 heavy (non-hydrogen) atoms. The van der Waals surface area contributed by atoms with Crippen LogP contribution in [-0.2, 0) is 0 Å². The molecule has 0 aliphatic heterocycles. The second-order valence-corrected chi connectivity index (χ2v) is 8.42. The highest BCUT2D eigenvalue weighted by Crippen LogP contribution is 2.30. The van der Waals surface area contributed by atoms with Crippen LogP contribution >= 0.6 is 12.6 Å². The molecule has 4 aromatic rings. The molecule has 2 nitrogen and oxygen atoms in total. The van der Waals surface area contributed by atoms with Crippen molar-refractivity contribution in [2.75, 3.05) is 12.9 Å². The Morgan fingerprint density at radius 1 is 0.778 bits per heavy atom. The highest BCUT2D eigenvalue weighted by Gasteiger charge is 2.06. The lowest BCUT2D eigenvalue weighted by atomic mass is 10.0. The second kappa shape index (κ2) is 16.1. The van der Waals surface area contributed by atoms with Crippen molar-refractivity contribution in [3.63, 3.8) is 0 Å². The first-order chi connectivity index (χ1) is 17.6. The molecule has 0 radical (unpaired) electrons. The average Bonchev–Trinajstić information content (AvgIpc) is 3.36. The van der Waals surface area contributed by atoms with Crippen molar-refractivity contribution in [3.05, 3.63) is 120 Å². The van der Waals surface area contributed by atoms with E-state index >= 15 is 0 Å². The van der Waals surface area contributed by atoms with Crippen molar-refractivity contribution in [3.8, 4) is 11.5 Å². The molecule has 0 saturated carbocycles. The molecule has 1 aliphatic carbocycles. The number of ether oxygens (including phenoxy) is 1. The second-order valence-electron chi connectivity index (χ2n) is 7.98. The van der Waals surface area contributed by atoms with E-state index in [4.69, 9.17) is 9.84 Å². The van der Waals surface area contributed by atoms with Gasteiger partial charge in [-0.05, 0) is 69.5 Å². The first-order valence-corrected chi connectivity index (χ1v) is 12.7. The van der Waals surface area contributed by atoms with Crippen molar-refractivity contribution in [2.45, 2.75) is 19.8 Å². The van der Waals surface area contributed by atoms with Crippen LogP contribution in [0.3, 0.4) is 0 Å². The smallest absolute Gasteiger partial charge is 0.118 e. The molecule has 0 unspecified atom stereocenters. The van der Waals surface area contributed by atoms with Gasteiger partial charge in [-0.15, -0.1) is 0 Å². The lowest BCUT2D eigenvalue weighted by Crippen LogP contribution is -1.80. The number of methoxy groups -OCH3 is 1. The summed E-state index contributed by atoms with van der Waals surface area (Å²) < 4.78 is 4.98. The third kappa shape index (κ3) is 9.16. The molecule has 0 bridgehead atoms. The minimum Gasteiger partial charge on any atom is -0.508 e. The summed E-state index contributed by atoms with van der Waals surface area (Å²) in [5.41, 5.74) is 4.83. The third-order valence-electron chi connectivity index (χ3n) is 5.40. The Morgan fingerprint density at radius 2 is 1.28 bits per heavy atom. The Hall–Kier alpha value is -3.69. The summed E-state index contributed by atoms with van der Waals surface area (Å²) in [5.74, 6) is 2.21. The molecule has 0 atom stereocenters. The Bertz CT molecular complexity index is 1200. The molecule has 0 heterocycles. The number of hydrogen-bond donors (Lipinski definition) is 2. The first-order valence-electron chi connectivity index (χ1n) is 12.0. The van der Waals surface area contributed by atoms with Crippen LogP contribution in [0.4, 0.5) is 0 Å². The van der Waals surface area contributed by atoms with Crippen LogP contribution < -0.4 is 4.74 Å². The fourth-order valence-electron chi connectivity index (χ4n) is 3.37. The van der Waals surface area contributed by atoms with Crippen molar-refractivity contribution >= 4 is 47.7 Å². The van der Waals surface area contributed by atoms with Crippen LogP contribution in [0, 0.1) is 0 Å². The summed E-state index contributed by atoms with van der Waals surface area (Å²) in [4.78, 5) is 0. The van der Waals surface area contributed by atoms with Crippen LogP contribution in [0.15, 0.2) is 98.1 Å². The Balaban J connectivity index is 0.000000176. The maximum absolute atomic E-state index is 8.82. The topological polar surface area (TPSA) is 29.5 Å². The van der Waals surface area contributed by atoms with E-state index in [1.54, 1.807) is 31.4 Å². The van der Waals surface area contributed by atoms with Gasteiger partial charge in [0.2, 0.25) is 0 Å². The number of aromatic hydroxyl groups is 1. The number of thiol groups is 1. The lowest BCUT2D eigenvalue weighted by molar-refractivity contribution is 0.415. The first kappa shape index (κ1) is 28.5. The summed E-state index contributed by atoms with van der Waals surface area (Å²) >= 11 is 4.00.